The van der Waals surface area contributed by atoms with Crippen molar-refractivity contribution in [2.75, 3.05) is 7.11 Å². The molecule has 132 valence electrons. The maximum absolute atomic E-state index is 14.5. The summed E-state index contributed by atoms with van der Waals surface area (Å²) in [7, 11) is 1.59. The van der Waals surface area contributed by atoms with Crippen LogP contribution in [0.25, 0.3) is 11.1 Å². The number of hydrogen-bond donors (Lipinski definition) is 1. The largest absolute Gasteiger partial charge is 0.497 e. The van der Waals surface area contributed by atoms with Crippen LogP contribution in [0.4, 0.5) is 4.39 Å². The highest BCUT2D eigenvalue weighted by molar-refractivity contribution is 5.95. The maximum Gasteiger partial charge on any atom is 0.254 e. The van der Waals surface area contributed by atoms with Crippen LogP contribution in [-0.2, 0) is 0 Å². The van der Waals surface area contributed by atoms with E-state index in [0.29, 0.717) is 11.3 Å². The summed E-state index contributed by atoms with van der Waals surface area (Å²) in [6.07, 6.45) is 3.29. The van der Waals surface area contributed by atoms with Crippen molar-refractivity contribution in [2.45, 2.75) is 13.0 Å². The summed E-state index contributed by atoms with van der Waals surface area (Å²) in [6, 6.07) is 15.3. The number of halogens is 1. The second kappa shape index (κ2) is 7.78. The average molecular weight is 350 g/mol. The molecule has 1 heterocycles. The monoisotopic (exact) mass is 350 g/mol. The number of amides is 1. The van der Waals surface area contributed by atoms with E-state index in [1.807, 2.05) is 31.2 Å². The van der Waals surface area contributed by atoms with Crippen LogP contribution in [0.2, 0.25) is 0 Å². The molecule has 0 saturated heterocycles. The Hall–Kier alpha value is -3.21. The van der Waals surface area contributed by atoms with Gasteiger partial charge in [0, 0.05) is 12.4 Å². The molecule has 0 saturated carbocycles. The number of nitrogens with zero attached hydrogens (tertiary/aromatic N) is 1. The number of benzene rings is 2. The van der Waals surface area contributed by atoms with Crippen molar-refractivity contribution >= 4 is 5.91 Å². The Bertz CT molecular complexity index is 913. The summed E-state index contributed by atoms with van der Waals surface area (Å²) in [5.41, 5.74) is 2.43. The Morgan fingerprint density at radius 2 is 1.85 bits per heavy atom. The highest BCUT2D eigenvalue weighted by atomic mass is 19.1. The second-order valence-electron chi connectivity index (χ2n) is 5.90. The van der Waals surface area contributed by atoms with Crippen molar-refractivity contribution in [1.29, 1.82) is 0 Å². The summed E-state index contributed by atoms with van der Waals surface area (Å²) in [6.45, 7) is 1.84. The van der Waals surface area contributed by atoms with Crippen LogP contribution in [0.15, 0.2) is 67.0 Å². The first kappa shape index (κ1) is 17.6. The van der Waals surface area contributed by atoms with Crippen molar-refractivity contribution < 1.29 is 13.9 Å². The van der Waals surface area contributed by atoms with Gasteiger partial charge in [-0.1, -0.05) is 18.2 Å². The van der Waals surface area contributed by atoms with Gasteiger partial charge < -0.3 is 10.1 Å². The SMILES string of the molecule is COc1cccc([C@@H](C)NC(=O)c2ccc(-c3ccncc3)cc2F)c1. The zero-order chi connectivity index (χ0) is 18.5. The Labute approximate surface area is 151 Å². The van der Waals surface area contributed by atoms with Crippen molar-refractivity contribution in [3.05, 3.63) is 83.9 Å². The Morgan fingerprint density at radius 3 is 2.54 bits per heavy atom. The molecular weight excluding hydrogens is 331 g/mol. The Balaban J connectivity index is 1.77. The zero-order valence-corrected chi connectivity index (χ0v) is 14.6. The molecule has 0 aliphatic heterocycles. The van der Waals surface area contributed by atoms with Gasteiger partial charge in [0.2, 0.25) is 0 Å². The standard InChI is InChI=1S/C21H19FN2O2/c1-14(16-4-3-5-18(12-16)26-2)24-21(25)19-7-6-17(13-20(19)22)15-8-10-23-11-9-15/h3-14H,1-2H3,(H,24,25)/t14-/m1/s1. The van der Waals surface area contributed by atoms with Crippen molar-refractivity contribution in [2.24, 2.45) is 0 Å². The second-order valence-corrected chi connectivity index (χ2v) is 5.90. The third kappa shape index (κ3) is 3.88. The third-order valence-corrected chi connectivity index (χ3v) is 4.17. The van der Waals surface area contributed by atoms with E-state index in [1.54, 1.807) is 37.7 Å². The first-order valence-corrected chi connectivity index (χ1v) is 8.23. The lowest BCUT2D eigenvalue weighted by atomic mass is 10.0. The number of nitrogens with one attached hydrogen (secondary N) is 1. The van der Waals surface area contributed by atoms with Crippen LogP contribution in [0.5, 0.6) is 5.75 Å². The minimum Gasteiger partial charge on any atom is -0.497 e. The van der Waals surface area contributed by atoms with Crippen molar-refractivity contribution in [1.82, 2.24) is 10.3 Å². The fourth-order valence-electron chi connectivity index (χ4n) is 2.69. The molecular formula is C21H19FN2O2. The Morgan fingerprint density at radius 1 is 1.08 bits per heavy atom. The first-order valence-electron chi connectivity index (χ1n) is 8.23. The molecule has 4 nitrogen and oxygen atoms in total. The van der Waals surface area contributed by atoms with Crippen LogP contribution >= 0.6 is 0 Å². The predicted octanol–water partition coefficient (Wildman–Crippen LogP) is 4.39. The predicted molar refractivity (Wildman–Crippen MR) is 98.5 cm³/mol. The van der Waals surface area contributed by atoms with Gasteiger partial charge in [-0.25, -0.2) is 4.39 Å². The molecule has 1 aromatic heterocycles. The lowest BCUT2D eigenvalue weighted by Crippen LogP contribution is -2.27. The average Bonchev–Trinajstić information content (AvgIpc) is 2.68. The number of methoxy groups -OCH3 is 1. The van der Waals surface area contributed by atoms with Gasteiger partial charge in [0.25, 0.3) is 5.91 Å². The number of hydrogen-bond acceptors (Lipinski definition) is 3. The molecule has 0 aliphatic carbocycles. The fourth-order valence-corrected chi connectivity index (χ4v) is 2.69. The minimum absolute atomic E-state index is 0.0116. The van der Waals surface area contributed by atoms with Gasteiger partial charge in [-0.3, -0.25) is 9.78 Å². The third-order valence-electron chi connectivity index (χ3n) is 4.17. The molecule has 3 aromatic rings. The molecule has 3 rings (SSSR count). The quantitative estimate of drug-likeness (QED) is 0.743. The van der Waals surface area contributed by atoms with E-state index >= 15 is 0 Å². The van der Waals surface area contributed by atoms with Gasteiger partial charge in [-0.05, 0) is 60.0 Å². The van der Waals surface area contributed by atoms with Crippen LogP contribution < -0.4 is 10.1 Å². The van der Waals surface area contributed by atoms with Gasteiger partial charge in [-0.2, -0.15) is 0 Å². The molecule has 1 atom stereocenters. The fraction of sp³-hybridized carbons (Fsp3) is 0.143. The summed E-state index contributed by atoms with van der Waals surface area (Å²) in [5.74, 6) is -0.315. The molecule has 0 radical (unpaired) electrons. The molecule has 0 unspecified atom stereocenters. The smallest absolute Gasteiger partial charge is 0.254 e. The molecule has 5 heteroatoms. The van der Waals surface area contributed by atoms with E-state index in [4.69, 9.17) is 4.74 Å². The number of aromatic nitrogens is 1. The molecule has 0 spiro atoms. The minimum atomic E-state index is -0.561. The number of carbonyl (C=O) groups is 1. The van der Waals surface area contributed by atoms with E-state index in [2.05, 4.69) is 10.3 Å². The van der Waals surface area contributed by atoms with Gasteiger partial charge >= 0.3 is 0 Å². The zero-order valence-electron chi connectivity index (χ0n) is 14.6. The van der Waals surface area contributed by atoms with Gasteiger partial charge in [-0.15, -0.1) is 0 Å². The van der Waals surface area contributed by atoms with Crippen LogP contribution in [0.3, 0.4) is 0 Å². The van der Waals surface area contributed by atoms with E-state index in [1.165, 1.54) is 12.1 Å². The number of ether oxygens (including phenoxy) is 1. The van der Waals surface area contributed by atoms with Gasteiger partial charge in [0.05, 0.1) is 18.7 Å². The highest BCUT2D eigenvalue weighted by Crippen LogP contribution is 2.23. The van der Waals surface area contributed by atoms with Gasteiger partial charge in [0.1, 0.15) is 11.6 Å². The van der Waals surface area contributed by atoms with Crippen LogP contribution in [-0.4, -0.2) is 18.0 Å². The normalized spacial score (nSPS) is 11.7. The summed E-state index contributed by atoms with van der Waals surface area (Å²) in [4.78, 5) is 16.4. The Kier molecular flexibility index (Phi) is 5.27. The summed E-state index contributed by atoms with van der Waals surface area (Å²) in [5, 5.41) is 2.82. The number of carbonyl (C=O) groups excluding carboxylic acids is 1. The van der Waals surface area contributed by atoms with E-state index in [0.717, 1.165) is 11.1 Å². The van der Waals surface area contributed by atoms with Crippen LogP contribution in [0.1, 0.15) is 28.9 Å². The molecule has 26 heavy (non-hydrogen) atoms. The topological polar surface area (TPSA) is 51.2 Å². The van der Waals surface area contributed by atoms with Crippen molar-refractivity contribution in [3.8, 4) is 16.9 Å². The summed E-state index contributed by atoms with van der Waals surface area (Å²) >= 11 is 0. The number of rotatable bonds is 5. The lowest BCUT2D eigenvalue weighted by molar-refractivity contribution is 0.0936. The van der Waals surface area contributed by atoms with Crippen LogP contribution in [0, 0.1) is 5.82 Å². The summed E-state index contributed by atoms with van der Waals surface area (Å²) < 4.78 is 19.7. The van der Waals surface area contributed by atoms with E-state index in [-0.39, 0.29) is 11.6 Å². The highest BCUT2D eigenvalue weighted by Gasteiger charge is 2.16. The molecule has 0 fully saturated rings. The first-order chi connectivity index (χ1) is 12.6. The van der Waals surface area contributed by atoms with Gasteiger partial charge in [0.15, 0.2) is 0 Å². The van der Waals surface area contributed by atoms with Crippen molar-refractivity contribution in [3.63, 3.8) is 0 Å². The molecule has 0 bridgehead atoms. The van der Waals surface area contributed by atoms with E-state index in [9.17, 15) is 9.18 Å². The molecule has 0 aliphatic rings. The maximum atomic E-state index is 14.5. The number of pyridine rings is 1. The molecule has 1 N–H and O–H groups in total. The molecule has 2 aromatic carbocycles. The van der Waals surface area contributed by atoms with E-state index < -0.39 is 11.7 Å². The molecule has 1 amide bonds. The lowest BCUT2D eigenvalue weighted by Gasteiger charge is -2.16.